The topological polar surface area (TPSA) is 134 Å². The number of primary amides is 1. The molecule has 2 heterocycles. The second-order valence-corrected chi connectivity index (χ2v) is 11.9. The molecule has 0 aliphatic heterocycles. The summed E-state index contributed by atoms with van der Waals surface area (Å²) in [6.45, 7) is 5.08. The average Bonchev–Trinajstić information content (AvgIpc) is 3.28. The van der Waals surface area contributed by atoms with Crippen molar-refractivity contribution in [3.63, 3.8) is 0 Å². The summed E-state index contributed by atoms with van der Waals surface area (Å²) < 4.78 is 29.2. The molecule has 11 heteroatoms. The zero-order valence-electron chi connectivity index (χ0n) is 22.9. The standard InChI is InChI=1S/C31H27ClF2N4O4/c1-13-16(5-4-6-23(13)38-29(40)19-10-15(33)11-21(34)26(19)37-30(38)41)24-20(32)12-18(28(35)39)27-25(24)17-8-7-14(31(2,3)42)9-22(17)36-27/h4-11,18,20,24,36,42H,12H2,1-3H3,(H2,35,39)(H,37,41). The van der Waals surface area contributed by atoms with Crippen molar-refractivity contribution in [1.82, 2.24) is 14.5 Å². The van der Waals surface area contributed by atoms with Gasteiger partial charge in [-0.3, -0.25) is 9.59 Å². The number of amides is 1. The maximum atomic E-state index is 14.4. The maximum absolute atomic E-state index is 14.4. The van der Waals surface area contributed by atoms with E-state index in [1.165, 1.54) is 0 Å². The van der Waals surface area contributed by atoms with Gasteiger partial charge in [-0.15, -0.1) is 11.6 Å². The Labute approximate surface area is 242 Å². The molecule has 8 nitrogen and oxygen atoms in total. The lowest BCUT2D eigenvalue weighted by Crippen LogP contribution is -2.35. The van der Waals surface area contributed by atoms with Gasteiger partial charge in [0.25, 0.3) is 5.56 Å². The minimum atomic E-state index is -1.10. The number of aromatic nitrogens is 3. The van der Waals surface area contributed by atoms with Crippen LogP contribution in [0.5, 0.6) is 0 Å². The Morgan fingerprint density at radius 2 is 1.83 bits per heavy atom. The molecule has 1 amide bonds. The Hall–Kier alpha value is -4.28. The molecule has 3 atom stereocenters. The van der Waals surface area contributed by atoms with E-state index in [0.29, 0.717) is 34.0 Å². The van der Waals surface area contributed by atoms with Crippen LogP contribution in [-0.4, -0.2) is 30.9 Å². The summed E-state index contributed by atoms with van der Waals surface area (Å²) in [7, 11) is 0. The van der Waals surface area contributed by atoms with Crippen LogP contribution < -0.4 is 17.0 Å². The third-order valence-electron chi connectivity index (χ3n) is 8.25. The minimum absolute atomic E-state index is 0.219. The molecule has 42 heavy (non-hydrogen) atoms. The first-order chi connectivity index (χ1) is 19.8. The second-order valence-electron chi connectivity index (χ2n) is 11.3. The van der Waals surface area contributed by atoms with Gasteiger partial charge in [0.05, 0.1) is 28.1 Å². The summed E-state index contributed by atoms with van der Waals surface area (Å²) >= 11 is 7.01. The predicted octanol–water partition coefficient (Wildman–Crippen LogP) is 4.69. The first-order valence-electron chi connectivity index (χ1n) is 13.3. The van der Waals surface area contributed by atoms with Crippen molar-refractivity contribution in [2.45, 2.75) is 50.0 Å². The fraction of sp³-hybridized carbons (Fsp3) is 0.258. The summed E-state index contributed by atoms with van der Waals surface area (Å²) in [6.07, 6.45) is 0.235. The molecule has 5 aromatic rings. The molecule has 6 rings (SSSR count). The fourth-order valence-electron chi connectivity index (χ4n) is 6.18. The number of H-pyrrole nitrogens is 2. The summed E-state index contributed by atoms with van der Waals surface area (Å²) in [4.78, 5) is 44.8. The van der Waals surface area contributed by atoms with E-state index in [1.54, 1.807) is 39.0 Å². The molecule has 0 saturated carbocycles. The molecule has 0 spiro atoms. The lowest BCUT2D eigenvalue weighted by molar-refractivity contribution is -0.119. The Morgan fingerprint density at radius 3 is 2.52 bits per heavy atom. The van der Waals surface area contributed by atoms with Gasteiger partial charge in [0.15, 0.2) is 5.82 Å². The monoisotopic (exact) mass is 592 g/mol. The van der Waals surface area contributed by atoms with Crippen LogP contribution in [0.2, 0.25) is 0 Å². The van der Waals surface area contributed by atoms with E-state index in [2.05, 4.69) is 9.97 Å². The molecular weight excluding hydrogens is 566 g/mol. The van der Waals surface area contributed by atoms with Gasteiger partial charge in [0, 0.05) is 34.0 Å². The Kier molecular flexibility index (Phi) is 6.40. The molecule has 0 fully saturated rings. The molecule has 3 aromatic carbocycles. The summed E-state index contributed by atoms with van der Waals surface area (Å²) in [6, 6.07) is 12.0. The highest BCUT2D eigenvalue weighted by molar-refractivity contribution is 6.22. The van der Waals surface area contributed by atoms with Crippen molar-refractivity contribution in [3.05, 3.63) is 109 Å². The van der Waals surface area contributed by atoms with E-state index in [-0.39, 0.29) is 23.0 Å². The zero-order valence-corrected chi connectivity index (χ0v) is 23.6. The largest absolute Gasteiger partial charge is 0.386 e. The SMILES string of the molecule is Cc1c(C2c3c([nH]c4cc(C(C)(C)O)ccc34)C(C(N)=O)CC2Cl)cccc1-n1c(=O)[nH]c2c(F)cc(F)cc2c1=O. The van der Waals surface area contributed by atoms with E-state index < -0.39 is 51.6 Å². The number of nitrogens with two attached hydrogens (primary N) is 1. The van der Waals surface area contributed by atoms with Crippen LogP contribution in [0.1, 0.15) is 60.1 Å². The van der Waals surface area contributed by atoms with Crippen LogP contribution in [0.3, 0.4) is 0 Å². The number of alkyl halides is 1. The first kappa shape index (κ1) is 27.9. The Morgan fingerprint density at radius 1 is 1.10 bits per heavy atom. The zero-order chi connectivity index (χ0) is 30.2. The number of rotatable bonds is 4. The normalized spacial score (nSPS) is 18.9. The van der Waals surface area contributed by atoms with Crippen molar-refractivity contribution in [2.24, 2.45) is 5.73 Å². The Balaban J connectivity index is 1.60. The van der Waals surface area contributed by atoms with Gasteiger partial charge in [-0.05, 0) is 67.6 Å². The van der Waals surface area contributed by atoms with Crippen molar-refractivity contribution < 1.29 is 18.7 Å². The van der Waals surface area contributed by atoms with E-state index in [4.69, 9.17) is 17.3 Å². The highest BCUT2D eigenvalue weighted by atomic mass is 35.5. The number of fused-ring (bicyclic) bond motifs is 4. The number of carbonyl (C=O) groups excluding carboxylic acids is 1. The lowest BCUT2D eigenvalue weighted by Gasteiger charge is -2.33. The number of halogens is 3. The highest BCUT2D eigenvalue weighted by Gasteiger charge is 2.41. The van der Waals surface area contributed by atoms with Gasteiger partial charge in [0.2, 0.25) is 5.91 Å². The van der Waals surface area contributed by atoms with Gasteiger partial charge in [-0.2, -0.15) is 0 Å². The number of hydrogen-bond acceptors (Lipinski definition) is 4. The molecule has 3 unspecified atom stereocenters. The summed E-state index contributed by atoms with van der Waals surface area (Å²) in [5.41, 5.74) is 6.75. The number of nitrogens with one attached hydrogen (secondary N) is 2. The molecule has 0 saturated heterocycles. The number of aromatic amines is 2. The molecule has 1 aliphatic rings. The fourth-order valence-corrected chi connectivity index (χ4v) is 6.62. The third-order valence-corrected chi connectivity index (χ3v) is 8.68. The van der Waals surface area contributed by atoms with E-state index in [0.717, 1.165) is 21.6 Å². The number of aliphatic hydroxyl groups is 1. The van der Waals surface area contributed by atoms with Crippen molar-refractivity contribution >= 4 is 39.3 Å². The first-order valence-corrected chi connectivity index (χ1v) is 13.8. The summed E-state index contributed by atoms with van der Waals surface area (Å²) in [5, 5.41) is 10.5. The van der Waals surface area contributed by atoms with Crippen LogP contribution in [0.15, 0.2) is 58.1 Å². The minimum Gasteiger partial charge on any atom is -0.386 e. The molecule has 0 bridgehead atoms. The van der Waals surface area contributed by atoms with Gasteiger partial charge >= 0.3 is 5.69 Å². The van der Waals surface area contributed by atoms with Crippen molar-refractivity contribution in [3.8, 4) is 5.69 Å². The Bertz CT molecular complexity index is 2060. The average molecular weight is 593 g/mol. The van der Waals surface area contributed by atoms with E-state index in [9.17, 15) is 28.3 Å². The number of nitrogens with zero attached hydrogens (tertiary/aromatic N) is 1. The second kappa shape index (κ2) is 9.64. The van der Waals surface area contributed by atoms with Gasteiger partial charge in [-0.25, -0.2) is 18.1 Å². The van der Waals surface area contributed by atoms with Crippen LogP contribution in [0.25, 0.3) is 27.5 Å². The molecule has 216 valence electrons. The quantitative estimate of drug-likeness (QED) is 0.225. The van der Waals surface area contributed by atoms with E-state index in [1.807, 2.05) is 18.2 Å². The lowest BCUT2D eigenvalue weighted by atomic mass is 9.74. The smallest absolute Gasteiger partial charge is 0.333 e. The van der Waals surface area contributed by atoms with Crippen LogP contribution in [0, 0.1) is 18.6 Å². The number of benzene rings is 3. The summed E-state index contributed by atoms with van der Waals surface area (Å²) in [5.74, 6) is -3.70. The van der Waals surface area contributed by atoms with Crippen molar-refractivity contribution in [1.29, 1.82) is 0 Å². The third kappa shape index (κ3) is 4.24. The van der Waals surface area contributed by atoms with Gasteiger partial charge in [0.1, 0.15) is 5.82 Å². The van der Waals surface area contributed by atoms with Gasteiger partial charge in [-0.1, -0.05) is 24.3 Å². The molecular formula is C31H27ClF2N4O4. The molecule has 0 radical (unpaired) electrons. The maximum Gasteiger partial charge on any atom is 0.333 e. The highest BCUT2D eigenvalue weighted by Crippen LogP contribution is 2.49. The van der Waals surface area contributed by atoms with Crippen LogP contribution >= 0.6 is 11.6 Å². The molecule has 5 N–H and O–H groups in total. The molecule has 1 aliphatic carbocycles. The number of carbonyl (C=O) groups is 1. The molecule has 2 aromatic heterocycles. The van der Waals surface area contributed by atoms with Crippen LogP contribution in [0.4, 0.5) is 8.78 Å². The van der Waals surface area contributed by atoms with Crippen LogP contribution in [-0.2, 0) is 10.4 Å². The van der Waals surface area contributed by atoms with E-state index >= 15 is 0 Å². The van der Waals surface area contributed by atoms with Crippen molar-refractivity contribution in [2.75, 3.05) is 0 Å². The van der Waals surface area contributed by atoms with Gasteiger partial charge < -0.3 is 20.8 Å². The predicted molar refractivity (Wildman–Crippen MR) is 156 cm³/mol. The number of hydrogen-bond donors (Lipinski definition) is 4.